The van der Waals surface area contributed by atoms with E-state index in [0.29, 0.717) is 30.2 Å². The molecule has 0 atom stereocenters. The Morgan fingerprint density at radius 1 is 1.06 bits per heavy atom. The number of nitrogens with one attached hydrogen (secondary N) is 1. The number of rotatable bonds is 6. The van der Waals surface area contributed by atoms with E-state index in [-0.39, 0.29) is 11.7 Å². The van der Waals surface area contributed by atoms with Crippen LogP contribution in [0.3, 0.4) is 0 Å². The highest BCUT2D eigenvalue weighted by atomic mass is 19.1. The third-order valence-electron chi connectivity index (χ3n) is 7.07. The third kappa shape index (κ3) is 5.02. The summed E-state index contributed by atoms with van der Waals surface area (Å²) >= 11 is 0. The van der Waals surface area contributed by atoms with Crippen LogP contribution in [0, 0.1) is 32.5 Å². The topological polar surface area (TPSA) is 63.1 Å². The minimum absolute atomic E-state index is 0.0918. The lowest BCUT2D eigenvalue weighted by Gasteiger charge is -2.32. The van der Waals surface area contributed by atoms with Crippen LogP contribution in [0.15, 0.2) is 54.6 Å². The molecule has 1 aliphatic heterocycles. The van der Waals surface area contributed by atoms with E-state index in [1.165, 1.54) is 11.6 Å². The second-order valence-electron chi connectivity index (χ2n) is 9.86. The molecular formula is C29H32FN5O. The number of amides is 1. The Bertz CT molecular complexity index is 1390. The van der Waals surface area contributed by atoms with Gasteiger partial charge in [-0.15, -0.1) is 0 Å². The van der Waals surface area contributed by atoms with E-state index in [4.69, 9.17) is 10.1 Å². The van der Waals surface area contributed by atoms with Gasteiger partial charge in [0.25, 0.3) is 5.91 Å². The summed E-state index contributed by atoms with van der Waals surface area (Å²) in [5.74, 6) is 0.165. The number of aryl methyl sites for hydroxylation is 3. The van der Waals surface area contributed by atoms with Crippen LogP contribution in [0.1, 0.15) is 45.7 Å². The molecule has 186 valence electrons. The fraction of sp³-hybridized carbons (Fsp3) is 0.345. The minimum atomic E-state index is -0.146. The summed E-state index contributed by atoms with van der Waals surface area (Å²) in [6.45, 7) is 8.93. The second kappa shape index (κ2) is 10.2. The van der Waals surface area contributed by atoms with E-state index in [0.717, 1.165) is 54.0 Å². The van der Waals surface area contributed by atoms with Gasteiger partial charge in [-0.1, -0.05) is 35.9 Å². The maximum absolute atomic E-state index is 14.0. The molecular weight excluding hydrogens is 453 g/mol. The average Bonchev–Trinajstić information content (AvgIpc) is 3.20. The summed E-state index contributed by atoms with van der Waals surface area (Å²) in [5.41, 5.74) is 5.71. The number of benzene rings is 2. The molecule has 4 aromatic rings. The van der Waals surface area contributed by atoms with Gasteiger partial charge in [-0.2, -0.15) is 5.10 Å². The molecule has 3 heterocycles. The van der Waals surface area contributed by atoms with Crippen LogP contribution in [0.5, 0.6) is 0 Å². The van der Waals surface area contributed by atoms with Gasteiger partial charge in [0.15, 0.2) is 5.65 Å². The normalized spacial score (nSPS) is 14.9. The molecule has 1 aliphatic rings. The molecule has 0 spiro atoms. The number of likely N-dealkylation sites (tertiary alicyclic amines) is 1. The van der Waals surface area contributed by atoms with Gasteiger partial charge in [-0.3, -0.25) is 9.69 Å². The molecule has 0 bridgehead atoms. The summed E-state index contributed by atoms with van der Waals surface area (Å²) in [6, 6.07) is 16.9. The van der Waals surface area contributed by atoms with Crippen LogP contribution in [0.25, 0.3) is 16.7 Å². The Morgan fingerprint density at radius 2 is 1.78 bits per heavy atom. The van der Waals surface area contributed by atoms with Crippen LogP contribution in [0.2, 0.25) is 0 Å². The zero-order valence-electron chi connectivity index (χ0n) is 21.1. The predicted molar refractivity (Wildman–Crippen MR) is 140 cm³/mol. The molecule has 5 rings (SSSR count). The van der Waals surface area contributed by atoms with Crippen molar-refractivity contribution in [2.24, 2.45) is 5.92 Å². The lowest BCUT2D eigenvalue weighted by molar-refractivity contribution is 0.0936. The van der Waals surface area contributed by atoms with Crippen molar-refractivity contribution >= 4 is 16.9 Å². The lowest BCUT2D eigenvalue weighted by Crippen LogP contribution is -2.38. The molecule has 2 aromatic heterocycles. The van der Waals surface area contributed by atoms with E-state index < -0.39 is 0 Å². The number of carbonyl (C=O) groups is 1. The Labute approximate surface area is 211 Å². The van der Waals surface area contributed by atoms with Crippen molar-refractivity contribution in [3.8, 4) is 5.69 Å². The van der Waals surface area contributed by atoms with Gasteiger partial charge in [0.2, 0.25) is 0 Å². The molecule has 0 saturated carbocycles. The monoisotopic (exact) mass is 485 g/mol. The van der Waals surface area contributed by atoms with Crippen molar-refractivity contribution in [3.05, 3.63) is 88.5 Å². The molecule has 36 heavy (non-hydrogen) atoms. The van der Waals surface area contributed by atoms with Crippen LogP contribution in [-0.2, 0) is 6.54 Å². The van der Waals surface area contributed by atoms with Crippen molar-refractivity contribution in [2.75, 3.05) is 19.6 Å². The highest BCUT2D eigenvalue weighted by molar-refractivity contribution is 6.06. The fourth-order valence-corrected chi connectivity index (χ4v) is 5.01. The van der Waals surface area contributed by atoms with E-state index in [9.17, 15) is 9.18 Å². The molecule has 1 amide bonds. The average molecular weight is 486 g/mol. The summed E-state index contributed by atoms with van der Waals surface area (Å²) in [5, 5.41) is 8.67. The largest absolute Gasteiger partial charge is 0.352 e. The smallest absolute Gasteiger partial charge is 0.252 e. The molecule has 6 nitrogen and oxygen atoms in total. The zero-order valence-corrected chi connectivity index (χ0v) is 21.1. The highest BCUT2D eigenvalue weighted by Crippen LogP contribution is 2.26. The van der Waals surface area contributed by atoms with Crippen molar-refractivity contribution in [3.63, 3.8) is 0 Å². The third-order valence-corrected chi connectivity index (χ3v) is 7.07. The van der Waals surface area contributed by atoms with Gasteiger partial charge < -0.3 is 5.32 Å². The number of piperidine rings is 1. The number of hydrogen-bond acceptors (Lipinski definition) is 4. The summed E-state index contributed by atoms with van der Waals surface area (Å²) < 4.78 is 15.8. The number of aromatic nitrogens is 3. The minimum Gasteiger partial charge on any atom is -0.352 e. The summed E-state index contributed by atoms with van der Waals surface area (Å²) in [4.78, 5) is 20.3. The Kier molecular flexibility index (Phi) is 6.83. The first-order valence-corrected chi connectivity index (χ1v) is 12.6. The first-order valence-electron chi connectivity index (χ1n) is 12.6. The number of nitrogens with zero attached hydrogens (tertiary/aromatic N) is 4. The Balaban J connectivity index is 1.26. The lowest BCUT2D eigenvalue weighted by atomic mass is 9.96. The van der Waals surface area contributed by atoms with Gasteiger partial charge in [0, 0.05) is 24.3 Å². The van der Waals surface area contributed by atoms with Crippen LogP contribution in [0.4, 0.5) is 4.39 Å². The summed E-state index contributed by atoms with van der Waals surface area (Å²) in [7, 11) is 0. The number of pyridine rings is 1. The standard InChI is InChI=1S/C29H32FN5O/c1-19-8-10-24(11-9-19)35-28-27(21(3)33-35)25(16-20(2)32-28)29(36)31-17-22-12-14-34(15-13-22)18-23-6-4-5-7-26(23)30/h4-11,16,22H,12-15,17-18H2,1-3H3,(H,31,36). The van der Waals surface area contributed by atoms with Gasteiger partial charge in [-0.05, 0) is 76.9 Å². The molecule has 1 saturated heterocycles. The highest BCUT2D eigenvalue weighted by Gasteiger charge is 2.23. The quantitative estimate of drug-likeness (QED) is 0.411. The Hall–Kier alpha value is -3.58. The van der Waals surface area contributed by atoms with Crippen molar-refractivity contribution < 1.29 is 9.18 Å². The molecule has 2 aromatic carbocycles. The van der Waals surface area contributed by atoms with Gasteiger partial charge in [0.05, 0.1) is 22.3 Å². The fourth-order valence-electron chi connectivity index (χ4n) is 5.01. The summed E-state index contributed by atoms with van der Waals surface area (Å²) in [6.07, 6.45) is 1.95. The maximum atomic E-state index is 14.0. The van der Waals surface area contributed by atoms with Gasteiger partial charge in [-0.25, -0.2) is 14.1 Å². The van der Waals surface area contributed by atoms with Crippen molar-refractivity contribution in [1.29, 1.82) is 0 Å². The molecule has 0 radical (unpaired) electrons. The number of halogens is 1. The van der Waals surface area contributed by atoms with Crippen LogP contribution >= 0.6 is 0 Å². The molecule has 0 unspecified atom stereocenters. The van der Waals surface area contributed by atoms with E-state index in [1.54, 1.807) is 6.07 Å². The van der Waals surface area contributed by atoms with Crippen molar-refractivity contribution in [1.82, 2.24) is 25.0 Å². The Morgan fingerprint density at radius 3 is 2.50 bits per heavy atom. The molecule has 1 N–H and O–H groups in total. The molecule has 7 heteroatoms. The van der Waals surface area contributed by atoms with E-state index in [2.05, 4.69) is 10.2 Å². The molecule has 0 aliphatic carbocycles. The van der Waals surface area contributed by atoms with Crippen LogP contribution < -0.4 is 5.32 Å². The van der Waals surface area contributed by atoms with E-state index >= 15 is 0 Å². The first-order chi connectivity index (χ1) is 17.4. The maximum Gasteiger partial charge on any atom is 0.252 e. The second-order valence-corrected chi connectivity index (χ2v) is 9.86. The SMILES string of the molecule is Cc1ccc(-n2nc(C)c3c(C(=O)NCC4CCN(Cc5ccccc5F)CC4)cc(C)nc32)cc1. The number of hydrogen-bond donors (Lipinski definition) is 1. The van der Waals surface area contributed by atoms with Crippen molar-refractivity contribution in [2.45, 2.75) is 40.2 Å². The van der Waals surface area contributed by atoms with Gasteiger partial charge in [0.1, 0.15) is 5.82 Å². The molecule has 1 fully saturated rings. The van der Waals surface area contributed by atoms with E-state index in [1.807, 2.05) is 67.9 Å². The number of carbonyl (C=O) groups excluding carboxylic acids is 1. The first kappa shape index (κ1) is 24.1. The zero-order chi connectivity index (χ0) is 25.2. The van der Waals surface area contributed by atoms with Gasteiger partial charge >= 0.3 is 0 Å². The predicted octanol–water partition coefficient (Wildman–Crippen LogP) is 5.13. The van der Waals surface area contributed by atoms with Crippen LogP contribution in [-0.4, -0.2) is 45.2 Å². The number of fused-ring (bicyclic) bond motifs is 1.